The molecule has 18 heavy (non-hydrogen) atoms. The van der Waals surface area contributed by atoms with E-state index in [1.807, 2.05) is 20.8 Å². The van der Waals surface area contributed by atoms with Crippen LogP contribution in [0.1, 0.15) is 20.8 Å². The highest BCUT2D eigenvalue weighted by Crippen LogP contribution is 2.20. The van der Waals surface area contributed by atoms with Crippen molar-refractivity contribution in [2.75, 3.05) is 32.7 Å². The lowest BCUT2D eigenvalue weighted by molar-refractivity contribution is -0.0459. The summed E-state index contributed by atoms with van der Waals surface area (Å²) in [5.41, 5.74) is 0. The fourth-order valence-corrected chi connectivity index (χ4v) is 4.50. The topological polar surface area (TPSA) is 61.9 Å². The summed E-state index contributed by atoms with van der Waals surface area (Å²) in [6.07, 6.45) is -0.0801. The molecule has 0 saturated carbocycles. The average Bonchev–Trinajstić information content (AvgIpc) is 2.21. The number of hydrogen-bond acceptors (Lipinski definition) is 4. The minimum Gasteiger partial charge on any atom is -0.373 e. The van der Waals surface area contributed by atoms with Crippen LogP contribution in [-0.4, -0.2) is 68.0 Å². The van der Waals surface area contributed by atoms with Gasteiger partial charge in [-0.15, -0.1) is 0 Å². The smallest absolute Gasteiger partial charge is 0.282 e. The third-order valence-electron chi connectivity index (χ3n) is 3.49. The van der Waals surface area contributed by atoms with Crippen LogP contribution in [0.4, 0.5) is 0 Å². The lowest BCUT2D eigenvalue weighted by Crippen LogP contribution is -2.62. The molecule has 2 saturated heterocycles. The van der Waals surface area contributed by atoms with Crippen LogP contribution in [-0.2, 0) is 14.9 Å². The van der Waals surface area contributed by atoms with Crippen molar-refractivity contribution in [1.29, 1.82) is 0 Å². The van der Waals surface area contributed by atoms with E-state index in [0.717, 1.165) is 13.1 Å². The number of hydrogen-bond donors (Lipinski definition) is 1. The summed E-state index contributed by atoms with van der Waals surface area (Å²) in [7, 11) is -3.35. The maximum atomic E-state index is 12.6. The maximum Gasteiger partial charge on any atom is 0.282 e. The normalized spacial score (nSPS) is 31.6. The molecule has 0 bridgehead atoms. The van der Waals surface area contributed by atoms with Crippen LogP contribution < -0.4 is 5.32 Å². The number of rotatable bonds is 4. The van der Waals surface area contributed by atoms with Gasteiger partial charge < -0.3 is 10.1 Å². The summed E-state index contributed by atoms with van der Waals surface area (Å²) < 4.78 is 34.0. The largest absolute Gasteiger partial charge is 0.373 e. The molecule has 0 spiro atoms. The van der Waals surface area contributed by atoms with Crippen molar-refractivity contribution in [3.05, 3.63) is 0 Å². The Bertz CT molecular complexity index is 373. The van der Waals surface area contributed by atoms with Crippen molar-refractivity contribution in [2.45, 2.75) is 39.0 Å². The third-order valence-corrected chi connectivity index (χ3v) is 5.59. The molecule has 2 unspecified atom stereocenters. The Morgan fingerprint density at radius 2 is 1.83 bits per heavy atom. The molecule has 0 aromatic rings. The van der Waals surface area contributed by atoms with Gasteiger partial charge in [0.25, 0.3) is 10.2 Å². The predicted molar refractivity (Wildman–Crippen MR) is 69.5 cm³/mol. The summed E-state index contributed by atoms with van der Waals surface area (Å²) in [6, 6.07) is 0.105. The van der Waals surface area contributed by atoms with Crippen LogP contribution in [0, 0.1) is 0 Å². The molecule has 2 rings (SSSR count). The van der Waals surface area contributed by atoms with Crippen LogP contribution in [0.25, 0.3) is 0 Å². The maximum absolute atomic E-state index is 12.6. The van der Waals surface area contributed by atoms with Gasteiger partial charge in [0.2, 0.25) is 0 Å². The summed E-state index contributed by atoms with van der Waals surface area (Å²) in [5, 5.41) is 3.12. The zero-order valence-corrected chi connectivity index (χ0v) is 12.1. The van der Waals surface area contributed by atoms with Crippen LogP contribution in [0.15, 0.2) is 0 Å². The van der Waals surface area contributed by atoms with Gasteiger partial charge >= 0.3 is 0 Å². The van der Waals surface area contributed by atoms with Gasteiger partial charge in [0, 0.05) is 32.7 Å². The first-order valence-electron chi connectivity index (χ1n) is 6.58. The molecule has 0 radical (unpaired) electrons. The van der Waals surface area contributed by atoms with Crippen LogP contribution >= 0.6 is 0 Å². The molecule has 106 valence electrons. The van der Waals surface area contributed by atoms with E-state index < -0.39 is 10.2 Å². The minimum atomic E-state index is -3.35. The highest BCUT2D eigenvalue weighted by molar-refractivity contribution is 7.86. The van der Waals surface area contributed by atoms with Gasteiger partial charge in [0.15, 0.2) is 0 Å². The molecule has 0 amide bonds. The fraction of sp³-hybridized carbons (Fsp3) is 1.00. The van der Waals surface area contributed by atoms with Crippen LogP contribution in [0.3, 0.4) is 0 Å². The molecule has 7 heteroatoms. The van der Waals surface area contributed by atoms with E-state index in [1.165, 1.54) is 0 Å². The fourth-order valence-electron chi connectivity index (χ4n) is 2.55. The van der Waals surface area contributed by atoms with E-state index in [0.29, 0.717) is 19.6 Å². The number of ether oxygens (including phenoxy) is 1. The molecule has 6 nitrogen and oxygen atoms in total. The summed E-state index contributed by atoms with van der Waals surface area (Å²) >= 11 is 0. The second-order valence-electron chi connectivity index (χ2n) is 5.10. The molecule has 2 fully saturated rings. The monoisotopic (exact) mass is 277 g/mol. The molecule has 2 aliphatic heterocycles. The van der Waals surface area contributed by atoms with Gasteiger partial charge in [-0.3, -0.25) is 0 Å². The van der Waals surface area contributed by atoms with Crippen molar-refractivity contribution in [2.24, 2.45) is 0 Å². The average molecular weight is 277 g/mol. The van der Waals surface area contributed by atoms with E-state index in [4.69, 9.17) is 4.74 Å². The summed E-state index contributed by atoms with van der Waals surface area (Å²) in [4.78, 5) is 0. The molecular formula is C11H23N3O3S. The zero-order valence-electron chi connectivity index (χ0n) is 11.3. The number of nitrogens with one attached hydrogen (secondary N) is 1. The molecule has 0 aromatic carbocycles. The quantitative estimate of drug-likeness (QED) is 0.762. The summed E-state index contributed by atoms with van der Waals surface area (Å²) in [5.74, 6) is 0. The molecule has 2 aliphatic rings. The van der Waals surface area contributed by atoms with Crippen molar-refractivity contribution in [1.82, 2.24) is 13.9 Å². The van der Waals surface area contributed by atoms with Gasteiger partial charge in [-0.05, 0) is 13.8 Å². The number of likely N-dealkylation sites (N-methyl/N-ethyl adjacent to an activating group) is 1. The van der Waals surface area contributed by atoms with Crippen LogP contribution in [0.5, 0.6) is 0 Å². The summed E-state index contributed by atoms with van der Waals surface area (Å²) in [6.45, 7) is 8.65. The van der Waals surface area contributed by atoms with Crippen molar-refractivity contribution in [3.63, 3.8) is 0 Å². The molecular weight excluding hydrogens is 254 g/mol. The predicted octanol–water partition coefficient (Wildman–Crippen LogP) is -0.366. The molecule has 2 heterocycles. The Morgan fingerprint density at radius 3 is 2.22 bits per heavy atom. The van der Waals surface area contributed by atoms with E-state index in [2.05, 4.69) is 5.32 Å². The zero-order chi connectivity index (χ0) is 13.3. The third kappa shape index (κ3) is 2.70. The number of nitrogens with zero attached hydrogens (tertiary/aromatic N) is 2. The van der Waals surface area contributed by atoms with Gasteiger partial charge in [0.05, 0.1) is 18.2 Å². The van der Waals surface area contributed by atoms with Gasteiger partial charge in [-0.25, -0.2) is 0 Å². The Balaban J connectivity index is 2.12. The Labute approximate surface area is 109 Å². The molecule has 1 N–H and O–H groups in total. The van der Waals surface area contributed by atoms with Gasteiger partial charge in [-0.2, -0.15) is 17.0 Å². The van der Waals surface area contributed by atoms with Crippen molar-refractivity contribution < 1.29 is 13.2 Å². The van der Waals surface area contributed by atoms with E-state index in [1.54, 1.807) is 8.61 Å². The Morgan fingerprint density at radius 1 is 1.28 bits per heavy atom. The lowest BCUT2D eigenvalue weighted by atomic mass is 10.2. The first-order chi connectivity index (χ1) is 8.45. The molecule has 0 aromatic heterocycles. The highest BCUT2D eigenvalue weighted by Gasteiger charge is 2.39. The van der Waals surface area contributed by atoms with E-state index in [-0.39, 0.29) is 18.2 Å². The van der Waals surface area contributed by atoms with Gasteiger partial charge in [-0.1, -0.05) is 6.92 Å². The lowest BCUT2D eigenvalue weighted by Gasteiger charge is -2.42. The van der Waals surface area contributed by atoms with Crippen LogP contribution in [0.2, 0.25) is 0 Å². The molecule has 0 aliphatic carbocycles. The van der Waals surface area contributed by atoms with Crippen molar-refractivity contribution in [3.8, 4) is 0 Å². The second kappa shape index (κ2) is 5.42. The molecule has 2 atom stereocenters. The van der Waals surface area contributed by atoms with E-state index >= 15 is 0 Å². The van der Waals surface area contributed by atoms with E-state index in [9.17, 15) is 8.42 Å². The Kier molecular flexibility index (Phi) is 4.28. The minimum absolute atomic E-state index is 0.0400. The van der Waals surface area contributed by atoms with Crippen molar-refractivity contribution >= 4 is 10.2 Å². The second-order valence-corrected chi connectivity index (χ2v) is 6.98. The Hall–Kier alpha value is -0.210. The highest BCUT2D eigenvalue weighted by atomic mass is 32.2. The van der Waals surface area contributed by atoms with Gasteiger partial charge in [0.1, 0.15) is 0 Å². The first-order valence-corrected chi connectivity index (χ1v) is 7.98. The standard InChI is InChI=1S/C11H23N3O3S/c1-4-14(11-5-12-6-11)18(15,16)13-7-9(2)17-10(3)8-13/h9-12H,4-8H2,1-3H3. The first kappa shape index (κ1) is 14.2. The SMILES string of the molecule is CCN(C1CNC1)S(=O)(=O)N1CC(C)OC(C)C1. The number of morpholine rings is 1.